The topological polar surface area (TPSA) is 55.4 Å². The van der Waals surface area contributed by atoms with Crippen LogP contribution >= 0.6 is 0 Å². The van der Waals surface area contributed by atoms with Crippen molar-refractivity contribution in [2.24, 2.45) is 0 Å². The van der Waals surface area contributed by atoms with E-state index >= 15 is 0 Å². The van der Waals surface area contributed by atoms with Crippen molar-refractivity contribution < 1.29 is 14.3 Å². The molecule has 1 amide bonds. The second-order valence-corrected chi connectivity index (χ2v) is 4.91. The second-order valence-electron chi connectivity index (χ2n) is 4.91. The van der Waals surface area contributed by atoms with Crippen LogP contribution in [-0.2, 0) is 27.2 Å². The quantitative estimate of drug-likeness (QED) is 0.778. The Morgan fingerprint density at radius 2 is 1.75 bits per heavy atom. The van der Waals surface area contributed by atoms with Gasteiger partial charge in [0.1, 0.15) is 6.61 Å². The van der Waals surface area contributed by atoms with Gasteiger partial charge in [-0.25, -0.2) is 0 Å². The highest BCUT2D eigenvalue weighted by Gasteiger charge is 2.12. The van der Waals surface area contributed by atoms with E-state index in [1.807, 2.05) is 0 Å². The molecule has 0 saturated carbocycles. The number of hydrogen-bond donors (Lipinski definition) is 1. The molecular weight excluding hydrogens is 254 g/mol. The summed E-state index contributed by atoms with van der Waals surface area (Å²) in [4.78, 5) is 22.0. The highest BCUT2D eigenvalue weighted by Crippen LogP contribution is 2.09. The third-order valence-electron chi connectivity index (χ3n) is 3.11. The van der Waals surface area contributed by atoms with Crippen LogP contribution in [0.15, 0.2) is 24.3 Å². The van der Waals surface area contributed by atoms with Crippen LogP contribution in [-0.4, -0.2) is 24.5 Å². The zero-order chi connectivity index (χ0) is 15.0. The molecule has 4 heteroatoms. The molecule has 0 radical (unpaired) electrons. The van der Waals surface area contributed by atoms with Crippen molar-refractivity contribution in [1.29, 1.82) is 0 Å². The summed E-state index contributed by atoms with van der Waals surface area (Å²) >= 11 is 0. The SMILES string of the molecule is CCc1ccc(CCC(COC(C)=O)NC(C)=O)cc1. The van der Waals surface area contributed by atoms with Crippen LogP contribution in [0.1, 0.15) is 38.3 Å². The van der Waals surface area contributed by atoms with Gasteiger partial charge < -0.3 is 10.1 Å². The molecule has 1 aromatic rings. The van der Waals surface area contributed by atoms with Gasteiger partial charge in [0.15, 0.2) is 0 Å². The molecule has 0 spiro atoms. The number of hydrogen-bond acceptors (Lipinski definition) is 3. The molecule has 0 aliphatic rings. The highest BCUT2D eigenvalue weighted by molar-refractivity contribution is 5.73. The Morgan fingerprint density at radius 1 is 1.15 bits per heavy atom. The lowest BCUT2D eigenvalue weighted by atomic mass is 10.0. The number of nitrogens with one attached hydrogen (secondary N) is 1. The van der Waals surface area contributed by atoms with E-state index in [0.29, 0.717) is 0 Å². The number of esters is 1. The molecule has 0 heterocycles. The lowest BCUT2D eigenvalue weighted by molar-refractivity contribution is -0.142. The fourth-order valence-corrected chi connectivity index (χ4v) is 1.99. The Kier molecular flexibility index (Phi) is 6.77. The molecule has 1 unspecified atom stereocenters. The van der Waals surface area contributed by atoms with Crippen molar-refractivity contribution in [2.45, 2.75) is 46.1 Å². The van der Waals surface area contributed by atoms with Gasteiger partial charge in [0.2, 0.25) is 5.91 Å². The van der Waals surface area contributed by atoms with Gasteiger partial charge in [-0.05, 0) is 30.4 Å². The summed E-state index contributed by atoms with van der Waals surface area (Å²) in [5.74, 6) is -0.434. The van der Waals surface area contributed by atoms with Crippen LogP contribution in [0.2, 0.25) is 0 Å². The van der Waals surface area contributed by atoms with E-state index in [-0.39, 0.29) is 24.5 Å². The maximum Gasteiger partial charge on any atom is 0.302 e. The van der Waals surface area contributed by atoms with Gasteiger partial charge in [-0.15, -0.1) is 0 Å². The van der Waals surface area contributed by atoms with Crippen LogP contribution < -0.4 is 5.32 Å². The number of carbonyl (C=O) groups is 2. The second kappa shape index (κ2) is 8.35. The normalized spacial score (nSPS) is 11.8. The van der Waals surface area contributed by atoms with Crippen LogP contribution in [0.25, 0.3) is 0 Å². The van der Waals surface area contributed by atoms with Crippen LogP contribution in [0.3, 0.4) is 0 Å². The van der Waals surface area contributed by atoms with Crippen molar-refractivity contribution in [1.82, 2.24) is 5.32 Å². The van der Waals surface area contributed by atoms with Gasteiger partial charge in [0.25, 0.3) is 0 Å². The highest BCUT2D eigenvalue weighted by atomic mass is 16.5. The van der Waals surface area contributed by atoms with Gasteiger partial charge in [-0.2, -0.15) is 0 Å². The molecular formula is C16H23NO3. The van der Waals surface area contributed by atoms with E-state index in [9.17, 15) is 9.59 Å². The number of aryl methyl sites for hydroxylation is 2. The predicted octanol–water partition coefficient (Wildman–Crippen LogP) is 2.25. The Bertz CT molecular complexity index is 440. The van der Waals surface area contributed by atoms with E-state index in [0.717, 1.165) is 19.3 Å². The maximum atomic E-state index is 11.1. The smallest absolute Gasteiger partial charge is 0.302 e. The molecule has 4 nitrogen and oxygen atoms in total. The lowest BCUT2D eigenvalue weighted by Crippen LogP contribution is -2.37. The fraction of sp³-hybridized carbons (Fsp3) is 0.500. The van der Waals surface area contributed by atoms with Gasteiger partial charge in [-0.3, -0.25) is 9.59 Å². The average molecular weight is 277 g/mol. The minimum Gasteiger partial charge on any atom is -0.464 e. The Morgan fingerprint density at radius 3 is 2.25 bits per heavy atom. The number of carbonyl (C=O) groups excluding carboxylic acids is 2. The number of amides is 1. The van der Waals surface area contributed by atoms with Gasteiger partial charge >= 0.3 is 5.97 Å². The van der Waals surface area contributed by atoms with Crippen molar-refractivity contribution in [2.75, 3.05) is 6.61 Å². The standard InChI is InChI=1S/C16H23NO3/c1-4-14-5-7-15(8-6-14)9-10-16(17-12(2)18)11-20-13(3)19/h5-8,16H,4,9-11H2,1-3H3,(H,17,18). The van der Waals surface area contributed by atoms with Crippen molar-refractivity contribution in [3.05, 3.63) is 35.4 Å². The van der Waals surface area contributed by atoms with Crippen LogP contribution in [0.5, 0.6) is 0 Å². The maximum absolute atomic E-state index is 11.1. The van der Waals surface area contributed by atoms with E-state index in [1.165, 1.54) is 25.0 Å². The molecule has 0 bridgehead atoms. The first-order valence-electron chi connectivity index (χ1n) is 6.99. The first kappa shape index (κ1) is 16.2. The lowest BCUT2D eigenvalue weighted by Gasteiger charge is -2.17. The molecule has 1 atom stereocenters. The fourth-order valence-electron chi connectivity index (χ4n) is 1.99. The van der Waals surface area contributed by atoms with E-state index in [4.69, 9.17) is 4.74 Å². The van der Waals surface area contributed by atoms with Crippen molar-refractivity contribution in [3.63, 3.8) is 0 Å². The largest absolute Gasteiger partial charge is 0.464 e. The molecule has 0 aromatic heterocycles. The average Bonchev–Trinajstić information content (AvgIpc) is 2.42. The molecule has 0 aliphatic carbocycles. The van der Waals surface area contributed by atoms with Crippen LogP contribution in [0, 0.1) is 0 Å². The summed E-state index contributed by atoms with van der Waals surface area (Å²) in [5, 5.41) is 2.81. The molecule has 1 aromatic carbocycles. The zero-order valence-electron chi connectivity index (χ0n) is 12.4. The molecule has 0 fully saturated rings. The first-order chi connectivity index (χ1) is 9.51. The summed E-state index contributed by atoms with van der Waals surface area (Å²) in [7, 11) is 0. The first-order valence-corrected chi connectivity index (χ1v) is 6.99. The molecule has 20 heavy (non-hydrogen) atoms. The molecule has 0 saturated heterocycles. The molecule has 110 valence electrons. The minimum atomic E-state index is -0.326. The summed E-state index contributed by atoms with van der Waals surface area (Å²) in [6.07, 6.45) is 2.62. The van der Waals surface area contributed by atoms with Gasteiger partial charge in [0, 0.05) is 13.8 Å². The summed E-state index contributed by atoms with van der Waals surface area (Å²) in [6, 6.07) is 8.32. The third kappa shape index (κ3) is 6.36. The Hall–Kier alpha value is -1.84. The van der Waals surface area contributed by atoms with E-state index in [2.05, 4.69) is 36.5 Å². The van der Waals surface area contributed by atoms with Gasteiger partial charge in [-0.1, -0.05) is 31.2 Å². The summed E-state index contributed by atoms with van der Waals surface area (Å²) in [6.45, 7) is 5.19. The summed E-state index contributed by atoms with van der Waals surface area (Å²) in [5.41, 5.74) is 2.53. The number of benzene rings is 1. The number of rotatable bonds is 7. The predicted molar refractivity (Wildman–Crippen MR) is 78.4 cm³/mol. The molecule has 1 N–H and O–H groups in total. The molecule has 0 aliphatic heterocycles. The van der Waals surface area contributed by atoms with Crippen molar-refractivity contribution in [3.8, 4) is 0 Å². The summed E-state index contributed by atoms with van der Waals surface area (Å²) < 4.78 is 4.98. The minimum absolute atomic E-state index is 0.108. The number of ether oxygens (including phenoxy) is 1. The Labute approximate surface area is 120 Å². The van der Waals surface area contributed by atoms with E-state index in [1.54, 1.807) is 0 Å². The third-order valence-corrected chi connectivity index (χ3v) is 3.11. The van der Waals surface area contributed by atoms with E-state index < -0.39 is 0 Å². The zero-order valence-corrected chi connectivity index (χ0v) is 12.4. The monoisotopic (exact) mass is 277 g/mol. The Balaban J connectivity index is 2.50. The van der Waals surface area contributed by atoms with Crippen LogP contribution in [0.4, 0.5) is 0 Å². The van der Waals surface area contributed by atoms with Crippen molar-refractivity contribution >= 4 is 11.9 Å². The molecule has 1 rings (SSSR count). The van der Waals surface area contributed by atoms with Gasteiger partial charge in [0.05, 0.1) is 6.04 Å².